The molecule has 0 N–H and O–H groups in total. The van der Waals surface area contributed by atoms with E-state index in [-0.39, 0.29) is 6.04 Å². The first-order valence-electron chi connectivity index (χ1n) is 8.82. The molecule has 3 aromatic rings. The summed E-state index contributed by atoms with van der Waals surface area (Å²) in [5.41, 5.74) is 4.66. The fourth-order valence-corrected chi connectivity index (χ4v) is 5.00. The van der Waals surface area contributed by atoms with Crippen molar-refractivity contribution in [2.24, 2.45) is 12.0 Å². The summed E-state index contributed by atoms with van der Waals surface area (Å²) in [6.07, 6.45) is 0.920. The minimum absolute atomic E-state index is 0.0613. The van der Waals surface area contributed by atoms with Crippen molar-refractivity contribution >= 4 is 28.6 Å². The number of hydrogen-bond acceptors (Lipinski definition) is 3. The van der Waals surface area contributed by atoms with Crippen molar-refractivity contribution in [2.75, 3.05) is 0 Å². The van der Waals surface area contributed by atoms with Crippen LogP contribution < -0.4 is 4.57 Å². The number of aromatic nitrogens is 3. The van der Waals surface area contributed by atoms with Crippen molar-refractivity contribution in [1.82, 2.24) is 9.78 Å². The summed E-state index contributed by atoms with van der Waals surface area (Å²) in [7, 11) is 2.01. The fraction of sp³-hybridized carbons (Fsp3) is 0.350. The molecule has 0 amide bonds. The normalized spacial score (nSPS) is 16.1. The van der Waals surface area contributed by atoms with E-state index >= 15 is 0 Å². The van der Waals surface area contributed by atoms with Crippen molar-refractivity contribution in [2.45, 2.75) is 40.2 Å². The topological polar surface area (TPSA) is 34.1 Å². The summed E-state index contributed by atoms with van der Waals surface area (Å²) in [6, 6.07) is 8.07. The SMILES string of the molecule is CC[C@@H]1N=C(c2ccc(Cl)cc2)c2c(sc(C)c2C)-[n+]2c(C)nn(C)c21. The summed E-state index contributed by atoms with van der Waals surface area (Å²) in [5, 5.41) is 6.63. The number of nitrogens with zero attached hydrogens (tertiary/aromatic N) is 4. The van der Waals surface area contributed by atoms with Crippen LogP contribution in [0.4, 0.5) is 0 Å². The van der Waals surface area contributed by atoms with Crippen molar-refractivity contribution in [3.8, 4) is 5.00 Å². The summed E-state index contributed by atoms with van der Waals surface area (Å²) < 4.78 is 4.27. The molecular weight excluding hydrogens is 364 g/mol. The summed E-state index contributed by atoms with van der Waals surface area (Å²) in [5.74, 6) is 2.13. The molecule has 0 saturated heterocycles. The third kappa shape index (κ3) is 2.53. The molecule has 4 rings (SSSR count). The van der Waals surface area contributed by atoms with Gasteiger partial charge in [0.1, 0.15) is 6.04 Å². The van der Waals surface area contributed by atoms with E-state index < -0.39 is 0 Å². The van der Waals surface area contributed by atoms with Crippen molar-refractivity contribution < 1.29 is 4.57 Å². The molecule has 2 aromatic heterocycles. The highest BCUT2D eigenvalue weighted by Gasteiger charge is 2.36. The second kappa shape index (κ2) is 6.32. The van der Waals surface area contributed by atoms with Crippen LogP contribution in [-0.4, -0.2) is 15.5 Å². The molecule has 0 radical (unpaired) electrons. The Labute approximate surface area is 162 Å². The molecule has 0 aliphatic carbocycles. The summed E-state index contributed by atoms with van der Waals surface area (Å²) in [6.45, 7) is 8.61. The Morgan fingerprint density at radius 1 is 1.19 bits per heavy atom. The van der Waals surface area contributed by atoms with Crippen molar-refractivity contribution in [3.63, 3.8) is 0 Å². The second-order valence-electron chi connectivity index (χ2n) is 6.74. The van der Waals surface area contributed by atoms with Crippen LogP contribution in [0.1, 0.15) is 52.6 Å². The third-order valence-corrected chi connectivity index (χ3v) is 6.52. The highest BCUT2D eigenvalue weighted by atomic mass is 35.5. The van der Waals surface area contributed by atoms with Crippen LogP contribution in [0.3, 0.4) is 0 Å². The van der Waals surface area contributed by atoms with Crippen molar-refractivity contribution in [3.05, 3.63) is 62.5 Å². The van der Waals surface area contributed by atoms with E-state index in [1.807, 2.05) is 35.2 Å². The van der Waals surface area contributed by atoms with Gasteiger partial charge in [-0.1, -0.05) is 30.7 Å². The van der Waals surface area contributed by atoms with Gasteiger partial charge in [0, 0.05) is 27.5 Å². The predicted molar refractivity (Wildman–Crippen MR) is 107 cm³/mol. The molecule has 1 atom stereocenters. The monoisotopic (exact) mass is 385 g/mol. The fourth-order valence-electron chi connectivity index (χ4n) is 3.66. The number of hydrogen-bond donors (Lipinski definition) is 0. The number of thiophene rings is 1. The van der Waals surface area contributed by atoms with Crippen LogP contribution in [0.2, 0.25) is 5.02 Å². The maximum atomic E-state index is 6.12. The molecule has 0 saturated carbocycles. The molecule has 0 bridgehead atoms. The number of fused-ring (bicyclic) bond motifs is 3. The lowest BCUT2D eigenvalue weighted by molar-refractivity contribution is -0.609. The largest absolute Gasteiger partial charge is 0.280 e. The second-order valence-corrected chi connectivity index (χ2v) is 8.38. The lowest BCUT2D eigenvalue weighted by Gasteiger charge is -2.10. The summed E-state index contributed by atoms with van der Waals surface area (Å²) in [4.78, 5) is 6.54. The summed E-state index contributed by atoms with van der Waals surface area (Å²) >= 11 is 7.94. The van der Waals surface area contributed by atoms with Gasteiger partial charge >= 0.3 is 0 Å². The standard InChI is InChI=1S/C20H22ClN4S/c1-6-16-19-24(5)23-13(4)25(19)20-17(11(2)12(3)26-20)18(22-16)14-7-9-15(21)10-8-14/h7-10,16H,6H2,1-5H3/q+1/t16-/m0/s1. The molecular formula is C20H22ClN4S+. The molecule has 1 aromatic carbocycles. The number of halogens is 1. The Hall–Kier alpha value is -1.98. The van der Waals surface area contributed by atoms with Crippen LogP contribution >= 0.6 is 22.9 Å². The Morgan fingerprint density at radius 2 is 1.88 bits per heavy atom. The van der Waals surface area contributed by atoms with Gasteiger partial charge in [-0.05, 0) is 38.0 Å². The zero-order valence-electron chi connectivity index (χ0n) is 15.7. The minimum atomic E-state index is 0.0613. The number of aliphatic imine (C=N–C) groups is 1. The molecule has 0 unspecified atom stereocenters. The number of aryl methyl sites for hydroxylation is 3. The van der Waals surface area contributed by atoms with Crippen LogP contribution in [-0.2, 0) is 7.05 Å². The highest BCUT2D eigenvalue weighted by molar-refractivity contribution is 7.14. The van der Waals surface area contributed by atoms with Gasteiger partial charge in [-0.3, -0.25) is 4.99 Å². The van der Waals surface area contributed by atoms with Gasteiger partial charge in [-0.25, -0.2) is 0 Å². The zero-order chi connectivity index (χ0) is 18.6. The molecule has 4 nitrogen and oxygen atoms in total. The number of rotatable bonds is 2. The maximum absolute atomic E-state index is 6.12. The number of benzene rings is 1. The van der Waals surface area contributed by atoms with Crippen LogP contribution in [0.5, 0.6) is 0 Å². The van der Waals surface area contributed by atoms with Gasteiger partial charge in [0.15, 0.2) is 5.00 Å². The first kappa shape index (κ1) is 17.4. The Morgan fingerprint density at radius 3 is 2.54 bits per heavy atom. The van der Waals surface area contributed by atoms with E-state index in [0.29, 0.717) is 0 Å². The Balaban J connectivity index is 2.08. The molecule has 6 heteroatoms. The Kier molecular flexibility index (Phi) is 4.24. The molecule has 26 heavy (non-hydrogen) atoms. The van der Waals surface area contributed by atoms with Crippen LogP contribution in [0.15, 0.2) is 29.3 Å². The average Bonchev–Trinajstić information content (AvgIpc) is 3.00. The average molecular weight is 386 g/mol. The van der Waals surface area contributed by atoms with E-state index in [9.17, 15) is 0 Å². The van der Waals surface area contributed by atoms with E-state index in [4.69, 9.17) is 16.6 Å². The van der Waals surface area contributed by atoms with Gasteiger partial charge in [-0.15, -0.1) is 16.0 Å². The Bertz CT molecular complexity index is 1030. The van der Waals surface area contributed by atoms with E-state index in [0.717, 1.165) is 34.4 Å². The van der Waals surface area contributed by atoms with Gasteiger partial charge in [0.25, 0.3) is 11.6 Å². The van der Waals surface area contributed by atoms with Crippen molar-refractivity contribution in [1.29, 1.82) is 0 Å². The van der Waals surface area contributed by atoms with Gasteiger partial charge in [0.2, 0.25) is 0 Å². The quantitative estimate of drug-likeness (QED) is 0.592. The van der Waals surface area contributed by atoms with Gasteiger partial charge < -0.3 is 0 Å². The van der Waals surface area contributed by atoms with E-state index in [2.05, 4.69) is 49.5 Å². The highest BCUT2D eigenvalue weighted by Crippen LogP contribution is 2.35. The van der Waals surface area contributed by atoms with Crippen LogP contribution in [0, 0.1) is 20.8 Å². The van der Waals surface area contributed by atoms with E-state index in [1.54, 1.807) is 0 Å². The minimum Gasteiger partial charge on any atom is -0.269 e. The predicted octanol–water partition coefficient (Wildman–Crippen LogP) is 4.64. The third-order valence-electron chi connectivity index (χ3n) is 5.07. The molecule has 0 fully saturated rings. The first-order valence-corrected chi connectivity index (χ1v) is 10.0. The van der Waals surface area contributed by atoms with Gasteiger partial charge in [0.05, 0.1) is 18.3 Å². The first-order chi connectivity index (χ1) is 12.4. The van der Waals surface area contributed by atoms with Gasteiger partial charge in [-0.2, -0.15) is 4.57 Å². The molecule has 0 spiro atoms. The van der Waals surface area contributed by atoms with Crippen LogP contribution in [0.25, 0.3) is 5.00 Å². The molecule has 1 aliphatic rings. The molecule has 134 valence electrons. The lowest BCUT2D eigenvalue weighted by atomic mass is 10.00. The molecule has 3 heterocycles. The smallest absolute Gasteiger partial charge is 0.269 e. The molecule has 1 aliphatic heterocycles. The lowest BCUT2D eigenvalue weighted by Crippen LogP contribution is -2.37. The van der Waals surface area contributed by atoms with E-state index in [1.165, 1.54) is 21.0 Å². The zero-order valence-corrected chi connectivity index (χ0v) is 17.2. The maximum Gasteiger partial charge on any atom is 0.280 e.